The fraction of sp³-hybridized carbons (Fsp3) is 0.286. The SMILES string of the molecule is Cc1ccc(C=CC(=O)NC(C)(C)C(=O)O)cc1. The number of nitrogens with one attached hydrogen (secondary N) is 1. The Labute approximate surface area is 106 Å². The quantitative estimate of drug-likeness (QED) is 0.799. The van der Waals surface area contributed by atoms with Crippen LogP contribution in [0.3, 0.4) is 0 Å². The highest BCUT2D eigenvalue weighted by Crippen LogP contribution is 2.06. The predicted octanol–water partition coefficient (Wildman–Crippen LogP) is 1.99. The summed E-state index contributed by atoms with van der Waals surface area (Å²) >= 11 is 0. The Morgan fingerprint density at radius 1 is 1.22 bits per heavy atom. The third kappa shape index (κ3) is 4.05. The van der Waals surface area contributed by atoms with Gasteiger partial charge in [-0.2, -0.15) is 0 Å². The zero-order valence-corrected chi connectivity index (χ0v) is 10.7. The molecule has 0 aliphatic carbocycles. The molecule has 2 N–H and O–H groups in total. The van der Waals surface area contributed by atoms with Crippen LogP contribution in [0.15, 0.2) is 30.3 Å². The first kappa shape index (κ1) is 14.0. The molecule has 0 saturated heterocycles. The van der Waals surface area contributed by atoms with Crippen LogP contribution in [0.1, 0.15) is 25.0 Å². The van der Waals surface area contributed by atoms with Gasteiger partial charge < -0.3 is 10.4 Å². The molecule has 0 heterocycles. The molecule has 4 nitrogen and oxygen atoms in total. The van der Waals surface area contributed by atoms with E-state index in [-0.39, 0.29) is 0 Å². The van der Waals surface area contributed by atoms with Gasteiger partial charge in [0.05, 0.1) is 0 Å². The number of carboxylic acid groups (broad SMARTS) is 1. The largest absolute Gasteiger partial charge is 0.480 e. The summed E-state index contributed by atoms with van der Waals surface area (Å²) in [5.41, 5.74) is 0.766. The first-order valence-corrected chi connectivity index (χ1v) is 5.61. The summed E-state index contributed by atoms with van der Waals surface area (Å²) < 4.78 is 0. The second-order valence-electron chi connectivity index (χ2n) is 4.66. The average Bonchev–Trinajstić information content (AvgIpc) is 2.27. The van der Waals surface area contributed by atoms with E-state index in [0.29, 0.717) is 0 Å². The average molecular weight is 247 g/mol. The Morgan fingerprint density at radius 3 is 2.28 bits per heavy atom. The molecule has 0 bridgehead atoms. The van der Waals surface area contributed by atoms with Crippen LogP contribution in [0.25, 0.3) is 6.08 Å². The molecule has 1 rings (SSSR count). The lowest BCUT2D eigenvalue weighted by molar-refractivity contribution is -0.145. The highest BCUT2D eigenvalue weighted by molar-refractivity contribution is 5.95. The summed E-state index contributed by atoms with van der Waals surface area (Å²) in [4.78, 5) is 22.4. The van der Waals surface area contributed by atoms with E-state index < -0.39 is 17.4 Å². The van der Waals surface area contributed by atoms with Crippen LogP contribution in [0.5, 0.6) is 0 Å². The van der Waals surface area contributed by atoms with E-state index >= 15 is 0 Å². The van der Waals surface area contributed by atoms with Crippen LogP contribution in [-0.2, 0) is 9.59 Å². The van der Waals surface area contributed by atoms with Crippen molar-refractivity contribution < 1.29 is 14.7 Å². The molecule has 0 saturated carbocycles. The van der Waals surface area contributed by atoms with Crippen molar-refractivity contribution in [2.75, 3.05) is 0 Å². The maximum absolute atomic E-state index is 11.5. The highest BCUT2D eigenvalue weighted by Gasteiger charge is 2.27. The van der Waals surface area contributed by atoms with Gasteiger partial charge in [0.1, 0.15) is 5.54 Å². The standard InChI is InChI=1S/C14H17NO3/c1-10-4-6-11(7-5-10)8-9-12(16)15-14(2,3)13(17)18/h4-9H,1-3H3,(H,15,16)(H,17,18). The van der Waals surface area contributed by atoms with Gasteiger partial charge in [-0.1, -0.05) is 29.8 Å². The lowest BCUT2D eigenvalue weighted by atomic mass is 10.1. The molecule has 0 radical (unpaired) electrons. The fourth-order valence-corrected chi connectivity index (χ4v) is 1.25. The van der Waals surface area contributed by atoms with E-state index in [4.69, 9.17) is 5.11 Å². The summed E-state index contributed by atoms with van der Waals surface area (Å²) in [7, 11) is 0. The second kappa shape index (κ2) is 5.49. The van der Waals surface area contributed by atoms with Crippen molar-refractivity contribution >= 4 is 18.0 Å². The molecule has 0 unspecified atom stereocenters. The van der Waals surface area contributed by atoms with E-state index in [1.165, 1.54) is 19.9 Å². The molecule has 0 aromatic heterocycles. The van der Waals surface area contributed by atoms with Crippen LogP contribution in [-0.4, -0.2) is 22.5 Å². The third-order valence-electron chi connectivity index (χ3n) is 2.47. The molecule has 1 amide bonds. The van der Waals surface area contributed by atoms with E-state index in [9.17, 15) is 9.59 Å². The lowest BCUT2D eigenvalue weighted by Gasteiger charge is -2.19. The van der Waals surface area contributed by atoms with Gasteiger partial charge in [0.15, 0.2) is 0 Å². The Bertz CT molecular complexity index is 472. The van der Waals surface area contributed by atoms with Crippen LogP contribution in [0, 0.1) is 6.92 Å². The Morgan fingerprint density at radius 2 is 1.78 bits per heavy atom. The summed E-state index contributed by atoms with van der Waals surface area (Å²) in [5.74, 6) is -1.50. The minimum Gasteiger partial charge on any atom is -0.480 e. The number of hydrogen-bond acceptors (Lipinski definition) is 2. The van der Waals surface area contributed by atoms with Gasteiger partial charge in [-0.15, -0.1) is 0 Å². The first-order valence-electron chi connectivity index (χ1n) is 5.61. The van der Waals surface area contributed by atoms with Gasteiger partial charge in [-0.25, -0.2) is 4.79 Å². The normalized spacial score (nSPS) is 11.5. The lowest BCUT2D eigenvalue weighted by Crippen LogP contribution is -2.49. The number of rotatable bonds is 4. The molecular weight excluding hydrogens is 230 g/mol. The molecule has 0 spiro atoms. The summed E-state index contributed by atoms with van der Waals surface area (Å²) in [5, 5.41) is 11.3. The van der Waals surface area contributed by atoms with Crippen molar-refractivity contribution in [1.29, 1.82) is 0 Å². The van der Waals surface area contributed by atoms with Gasteiger partial charge in [0.25, 0.3) is 0 Å². The zero-order chi connectivity index (χ0) is 13.8. The molecule has 96 valence electrons. The van der Waals surface area contributed by atoms with Gasteiger partial charge in [0, 0.05) is 6.08 Å². The molecule has 4 heteroatoms. The van der Waals surface area contributed by atoms with Gasteiger partial charge in [-0.3, -0.25) is 4.79 Å². The molecular formula is C14H17NO3. The molecule has 0 aliphatic rings. The van der Waals surface area contributed by atoms with E-state index in [1.807, 2.05) is 31.2 Å². The number of aryl methyl sites for hydroxylation is 1. The minimum absolute atomic E-state index is 0.428. The maximum atomic E-state index is 11.5. The van der Waals surface area contributed by atoms with Crippen molar-refractivity contribution in [3.63, 3.8) is 0 Å². The number of carbonyl (C=O) groups is 2. The summed E-state index contributed by atoms with van der Waals surface area (Å²) in [6, 6.07) is 7.67. The van der Waals surface area contributed by atoms with Gasteiger partial charge >= 0.3 is 5.97 Å². The highest BCUT2D eigenvalue weighted by atomic mass is 16.4. The third-order valence-corrected chi connectivity index (χ3v) is 2.47. The maximum Gasteiger partial charge on any atom is 0.328 e. The van der Waals surface area contributed by atoms with Crippen molar-refractivity contribution in [3.8, 4) is 0 Å². The molecule has 0 atom stereocenters. The Kier molecular flexibility index (Phi) is 4.26. The molecule has 0 aliphatic heterocycles. The van der Waals surface area contributed by atoms with E-state index in [2.05, 4.69) is 5.32 Å². The molecule has 1 aromatic rings. The molecule has 0 fully saturated rings. The summed E-state index contributed by atoms with van der Waals surface area (Å²) in [6.07, 6.45) is 2.97. The van der Waals surface area contributed by atoms with Gasteiger partial charge in [0.2, 0.25) is 5.91 Å². The van der Waals surface area contributed by atoms with E-state index in [0.717, 1.165) is 11.1 Å². The Balaban J connectivity index is 2.65. The van der Waals surface area contributed by atoms with Crippen molar-refractivity contribution in [1.82, 2.24) is 5.32 Å². The monoisotopic (exact) mass is 247 g/mol. The summed E-state index contributed by atoms with van der Waals surface area (Å²) in [6.45, 7) is 4.86. The first-order chi connectivity index (χ1) is 8.31. The predicted molar refractivity (Wildman–Crippen MR) is 70.1 cm³/mol. The van der Waals surface area contributed by atoms with Crippen LogP contribution < -0.4 is 5.32 Å². The minimum atomic E-state index is -1.27. The van der Waals surface area contributed by atoms with Crippen LogP contribution >= 0.6 is 0 Å². The fourth-order valence-electron chi connectivity index (χ4n) is 1.25. The molecule has 1 aromatic carbocycles. The second-order valence-corrected chi connectivity index (χ2v) is 4.66. The molecule has 18 heavy (non-hydrogen) atoms. The number of carboxylic acids is 1. The van der Waals surface area contributed by atoms with Gasteiger partial charge in [-0.05, 0) is 32.4 Å². The number of aliphatic carboxylic acids is 1. The van der Waals surface area contributed by atoms with Crippen LogP contribution in [0.4, 0.5) is 0 Å². The zero-order valence-electron chi connectivity index (χ0n) is 10.7. The van der Waals surface area contributed by atoms with Crippen molar-refractivity contribution in [3.05, 3.63) is 41.5 Å². The van der Waals surface area contributed by atoms with Crippen molar-refractivity contribution in [2.24, 2.45) is 0 Å². The van der Waals surface area contributed by atoms with E-state index in [1.54, 1.807) is 6.08 Å². The number of benzene rings is 1. The topological polar surface area (TPSA) is 66.4 Å². The number of amides is 1. The smallest absolute Gasteiger partial charge is 0.328 e. The number of hydrogen-bond donors (Lipinski definition) is 2. The number of carbonyl (C=O) groups excluding carboxylic acids is 1. The van der Waals surface area contributed by atoms with Crippen LogP contribution in [0.2, 0.25) is 0 Å². The van der Waals surface area contributed by atoms with Crippen molar-refractivity contribution in [2.45, 2.75) is 26.3 Å². The Hall–Kier alpha value is -2.10.